The second-order valence-corrected chi connectivity index (χ2v) is 10.2. The smallest absolute Gasteiger partial charge is 0.756 e. The van der Waals surface area contributed by atoms with Crippen LogP contribution in [0.1, 0.15) is 0 Å². The van der Waals surface area contributed by atoms with Crippen molar-refractivity contribution in [1.82, 2.24) is 9.55 Å². The monoisotopic (exact) mass is 541 g/mol. The van der Waals surface area contributed by atoms with Crippen molar-refractivity contribution in [2.24, 2.45) is 0 Å². The van der Waals surface area contributed by atoms with Gasteiger partial charge in [0, 0.05) is 6.20 Å². The molecule has 2 rings (SSSR count). The molecular weight excluding hydrogens is 525 g/mol. The Morgan fingerprint density at radius 3 is 2.19 bits per heavy atom. The summed E-state index contributed by atoms with van der Waals surface area (Å²) in [5.74, 6) is -0.0555. The van der Waals surface area contributed by atoms with Crippen molar-refractivity contribution in [3.05, 3.63) is 22.7 Å². The van der Waals surface area contributed by atoms with E-state index in [-0.39, 0.29) is 71.5 Å². The number of anilines is 1. The van der Waals surface area contributed by atoms with Crippen molar-refractivity contribution >= 4 is 29.3 Å². The van der Waals surface area contributed by atoms with Crippen molar-refractivity contribution in [2.75, 3.05) is 12.3 Å². The summed E-state index contributed by atoms with van der Waals surface area (Å²) in [4.78, 5) is 54.6. The summed E-state index contributed by atoms with van der Waals surface area (Å²) in [6, 6.07) is 1.28. The van der Waals surface area contributed by atoms with Crippen LogP contribution in [0.3, 0.4) is 0 Å². The van der Waals surface area contributed by atoms with E-state index in [1.165, 1.54) is 12.3 Å². The molecule has 3 unspecified atom stereocenters. The summed E-state index contributed by atoms with van der Waals surface area (Å²) >= 11 is 0. The Hall–Kier alpha value is 0.970. The maximum atomic E-state index is 11.7. The molecule has 1 saturated heterocycles. The fourth-order valence-corrected chi connectivity index (χ4v) is 5.27. The number of hydrogen-bond acceptors (Lipinski definition) is 14. The molecule has 0 amide bonds. The molecule has 6 N–H and O–H groups in total. The summed E-state index contributed by atoms with van der Waals surface area (Å²) in [5, 5.41) is 20.0. The van der Waals surface area contributed by atoms with E-state index in [9.17, 15) is 38.5 Å². The zero-order chi connectivity index (χ0) is 22.9. The van der Waals surface area contributed by atoms with E-state index in [4.69, 9.17) is 20.3 Å². The van der Waals surface area contributed by atoms with Gasteiger partial charge in [-0.25, -0.2) is 18.0 Å². The van der Waals surface area contributed by atoms with Gasteiger partial charge in [0.25, 0.3) is 15.6 Å². The molecule has 6 atom stereocenters. The molecule has 17 nitrogen and oxygen atoms in total. The van der Waals surface area contributed by atoms with Crippen molar-refractivity contribution in [3.8, 4) is 0 Å². The standard InChI is InChI=1S/C10H18N3O14P3.2Na/c11-7-1-2-13(10(16)12-7)3-5-8(14)9(15)6(25-5)4-24-29(20,21)27-30(22,23)26-28(17,18)19;;/h1-2,5-6,8-9,14-15H,3-4H2,(H,20,21)(H,22,23)(H2,11,12,16)(H2,17,18,19);;/q;2*+1/p-2/t5-,6+,8?,9-;;/m0../s1. The molecule has 0 aromatic carbocycles. The molecule has 22 heteroatoms. The average Bonchev–Trinajstić information content (AvgIpc) is 2.80. The Labute approximate surface area is 223 Å². The Bertz CT molecular complexity index is 974. The van der Waals surface area contributed by atoms with Crippen LogP contribution in [-0.4, -0.2) is 60.6 Å². The van der Waals surface area contributed by atoms with E-state index < -0.39 is 60.2 Å². The van der Waals surface area contributed by atoms with Gasteiger partial charge in [-0.15, -0.1) is 0 Å². The fraction of sp³-hybridized carbons (Fsp3) is 0.600. The maximum absolute atomic E-state index is 11.7. The number of hydrogen-bond donors (Lipinski definition) is 5. The Balaban J connectivity index is 0.00000480. The van der Waals surface area contributed by atoms with Crippen LogP contribution in [0.15, 0.2) is 17.1 Å². The molecule has 172 valence electrons. The summed E-state index contributed by atoms with van der Waals surface area (Å²) in [5.41, 5.74) is 4.56. The van der Waals surface area contributed by atoms with E-state index in [2.05, 4.69) is 18.1 Å². The largest absolute Gasteiger partial charge is 1.00 e. The van der Waals surface area contributed by atoms with Crippen LogP contribution in [0.5, 0.6) is 0 Å². The fourth-order valence-electron chi connectivity index (χ4n) is 2.35. The van der Waals surface area contributed by atoms with E-state index >= 15 is 0 Å². The number of aromatic nitrogens is 2. The van der Waals surface area contributed by atoms with Gasteiger partial charge < -0.3 is 44.8 Å². The summed E-state index contributed by atoms with van der Waals surface area (Å²) in [7, 11) is -17.4. The van der Waals surface area contributed by atoms with Gasteiger partial charge in [-0.3, -0.25) is 13.7 Å². The van der Waals surface area contributed by atoms with Gasteiger partial charge in [-0.1, -0.05) is 0 Å². The SMILES string of the molecule is Nc1ccn(C[C@@H]2O[C@H](COP(=O)([O-])OP(=O)([O-])OP(=O)(O)O)[C@H](O)C2O)c(=O)n1.[Na+].[Na+]. The molecule has 0 radical (unpaired) electrons. The molecule has 2 heterocycles. The Kier molecular flexibility index (Phi) is 13.2. The number of aliphatic hydroxyl groups is 2. The van der Waals surface area contributed by atoms with Crippen LogP contribution in [0.2, 0.25) is 0 Å². The molecule has 1 aliphatic heterocycles. The predicted octanol–water partition coefficient (Wildman–Crippen LogP) is -9.60. The molecule has 1 fully saturated rings. The zero-order valence-electron chi connectivity index (χ0n) is 16.6. The topological polar surface area (TPSA) is 276 Å². The predicted molar refractivity (Wildman–Crippen MR) is 89.0 cm³/mol. The summed E-state index contributed by atoms with van der Waals surface area (Å²) in [6.45, 7) is -1.36. The molecule has 1 aliphatic rings. The van der Waals surface area contributed by atoms with Crippen LogP contribution < -0.4 is 80.3 Å². The normalized spacial score (nSPS) is 26.9. The minimum absolute atomic E-state index is 0. The number of phosphoric ester groups is 1. The van der Waals surface area contributed by atoms with Crippen LogP contribution in [0.4, 0.5) is 5.82 Å². The Morgan fingerprint density at radius 1 is 1.09 bits per heavy atom. The number of nitrogen functional groups attached to an aromatic ring is 1. The number of nitrogens with two attached hydrogens (primary N) is 1. The van der Waals surface area contributed by atoms with Gasteiger partial charge in [0.05, 0.1) is 13.2 Å². The van der Waals surface area contributed by atoms with Crippen molar-refractivity contribution in [1.29, 1.82) is 0 Å². The molecule has 0 saturated carbocycles. The minimum atomic E-state index is -6.01. The first-order valence-corrected chi connectivity index (χ1v) is 12.1. The molecular formula is C10H16N3Na2O14P3. The second-order valence-electron chi connectivity index (χ2n) is 5.83. The van der Waals surface area contributed by atoms with Crippen molar-refractivity contribution < 1.29 is 120 Å². The van der Waals surface area contributed by atoms with Crippen LogP contribution in [0.25, 0.3) is 0 Å². The average molecular weight is 541 g/mol. The number of phosphoric acid groups is 3. The molecule has 1 aromatic rings. The third-order valence-electron chi connectivity index (χ3n) is 3.54. The third-order valence-corrected chi connectivity index (χ3v) is 7.25. The minimum Gasteiger partial charge on any atom is -0.756 e. The van der Waals surface area contributed by atoms with Gasteiger partial charge in [0.1, 0.15) is 30.2 Å². The van der Waals surface area contributed by atoms with Crippen molar-refractivity contribution in [2.45, 2.75) is 31.0 Å². The maximum Gasteiger partial charge on any atom is 1.00 e. The second kappa shape index (κ2) is 12.8. The van der Waals surface area contributed by atoms with Gasteiger partial charge in [-0.2, -0.15) is 4.98 Å². The van der Waals surface area contributed by atoms with Gasteiger partial charge in [0.15, 0.2) is 0 Å². The molecule has 1 aromatic heterocycles. The van der Waals surface area contributed by atoms with Crippen LogP contribution in [-0.2, 0) is 38.1 Å². The zero-order valence-corrected chi connectivity index (χ0v) is 23.2. The quantitative estimate of drug-likeness (QED) is 0.143. The third kappa shape index (κ3) is 10.3. The molecule has 0 aliphatic carbocycles. The first-order chi connectivity index (χ1) is 13.6. The first-order valence-electron chi connectivity index (χ1n) is 7.68. The van der Waals surface area contributed by atoms with E-state index in [1.807, 2.05) is 0 Å². The van der Waals surface area contributed by atoms with Gasteiger partial charge >= 0.3 is 72.6 Å². The van der Waals surface area contributed by atoms with Gasteiger partial charge in [0.2, 0.25) is 0 Å². The first kappa shape index (κ1) is 33.0. The summed E-state index contributed by atoms with van der Waals surface area (Å²) in [6.07, 6.45) is -4.80. The van der Waals surface area contributed by atoms with Gasteiger partial charge in [-0.05, 0) is 6.07 Å². The molecule has 0 spiro atoms. The number of ether oxygens (including phenoxy) is 1. The van der Waals surface area contributed by atoms with Crippen LogP contribution in [0, 0.1) is 0 Å². The number of nitrogens with zero attached hydrogens (tertiary/aromatic N) is 2. The van der Waals surface area contributed by atoms with E-state index in [1.54, 1.807) is 0 Å². The Morgan fingerprint density at radius 2 is 1.66 bits per heavy atom. The number of aliphatic hydroxyl groups excluding tert-OH is 2. The number of rotatable bonds is 9. The summed E-state index contributed by atoms with van der Waals surface area (Å²) < 4.78 is 50.3. The molecule has 32 heavy (non-hydrogen) atoms. The molecule has 0 bridgehead atoms. The van der Waals surface area contributed by atoms with E-state index in [0.717, 1.165) is 4.57 Å². The van der Waals surface area contributed by atoms with E-state index in [0.29, 0.717) is 0 Å². The van der Waals surface area contributed by atoms with Crippen LogP contribution >= 0.6 is 23.5 Å². The van der Waals surface area contributed by atoms with Crippen molar-refractivity contribution in [3.63, 3.8) is 0 Å².